The van der Waals surface area contributed by atoms with Crippen LogP contribution in [0.4, 0.5) is 0 Å². The van der Waals surface area contributed by atoms with Crippen molar-refractivity contribution < 1.29 is 53.9 Å². The summed E-state index contributed by atoms with van der Waals surface area (Å²) in [7, 11) is -5.08. The maximum atomic E-state index is 13.1. The SMILES string of the molecule is CCCCCCCCCCCCCCCC/C=C/[C@@H](O)[C@H](COP(=O)(O)OC1C(O)C(O)C(O)[C@@H](O)C1O)NC(=O)CCCCCCCCCCCCCCCCCCCCCCCCCCCCCCCC. The van der Waals surface area contributed by atoms with E-state index in [4.69, 9.17) is 9.05 Å². The molecule has 1 fully saturated rings. The lowest BCUT2D eigenvalue weighted by Gasteiger charge is -2.41. The highest BCUT2D eigenvalue weighted by atomic mass is 31.2. The zero-order valence-corrected chi connectivity index (χ0v) is 48.1. The van der Waals surface area contributed by atoms with E-state index < -0.39 is 63.2 Å². The smallest absolute Gasteiger partial charge is 0.387 e. The van der Waals surface area contributed by atoms with Crippen molar-refractivity contribution in [3.05, 3.63) is 12.2 Å². The minimum Gasteiger partial charge on any atom is -0.387 e. The number of phosphoric acid groups is 1. The van der Waals surface area contributed by atoms with Crippen molar-refractivity contribution >= 4 is 13.7 Å². The summed E-state index contributed by atoms with van der Waals surface area (Å²) in [4.78, 5) is 23.6. The number of carbonyl (C=O) groups is 1. The van der Waals surface area contributed by atoms with E-state index in [1.165, 1.54) is 238 Å². The highest BCUT2D eigenvalue weighted by Crippen LogP contribution is 2.47. The third-order valence-corrected chi connectivity index (χ3v) is 16.3. The number of nitrogens with one attached hydrogen (secondary N) is 1. The Labute approximate surface area is 448 Å². The zero-order chi connectivity index (χ0) is 53.5. The van der Waals surface area contributed by atoms with Gasteiger partial charge in [0.2, 0.25) is 5.91 Å². The number of hydrogen-bond acceptors (Lipinski definition) is 10. The first-order valence-corrected chi connectivity index (χ1v) is 32.6. The van der Waals surface area contributed by atoms with Crippen LogP contribution in [0.3, 0.4) is 0 Å². The number of carbonyl (C=O) groups excluding carboxylic acids is 1. The molecule has 0 radical (unpaired) electrons. The van der Waals surface area contributed by atoms with Crippen LogP contribution in [0.5, 0.6) is 0 Å². The molecule has 0 bridgehead atoms. The molecule has 0 aromatic heterocycles. The summed E-state index contributed by atoms with van der Waals surface area (Å²) in [6, 6.07) is -1.11. The van der Waals surface area contributed by atoms with E-state index in [0.717, 1.165) is 44.9 Å². The van der Waals surface area contributed by atoms with Crippen LogP contribution in [0.25, 0.3) is 0 Å². The number of amides is 1. The van der Waals surface area contributed by atoms with E-state index in [2.05, 4.69) is 19.2 Å². The van der Waals surface area contributed by atoms with Gasteiger partial charge in [-0.05, 0) is 19.3 Å². The Balaban J connectivity index is 2.24. The second-order valence-corrected chi connectivity index (χ2v) is 23.7. The fraction of sp³-hybridized carbons (Fsp3) is 0.950. The minimum atomic E-state index is -5.08. The molecule has 1 rings (SSSR count). The van der Waals surface area contributed by atoms with Gasteiger partial charge in [-0.2, -0.15) is 0 Å². The lowest BCUT2D eigenvalue weighted by molar-refractivity contribution is -0.220. The van der Waals surface area contributed by atoms with Crippen LogP contribution in [0.1, 0.15) is 309 Å². The van der Waals surface area contributed by atoms with Gasteiger partial charge in [0, 0.05) is 6.42 Å². The van der Waals surface area contributed by atoms with Crippen molar-refractivity contribution in [3.63, 3.8) is 0 Å². The molecule has 12 nitrogen and oxygen atoms in total. The third kappa shape index (κ3) is 40.0. The van der Waals surface area contributed by atoms with Gasteiger partial charge >= 0.3 is 7.82 Å². The van der Waals surface area contributed by atoms with Crippen molar-refractivity contribution in [2.75, 3.05) is 6.61 Å². The molecular formula is C60H118NO11P. The van der Waals surface area contributed by atoms with E-state index in [1.54, 1.807) is 6.08 Å². The highest BCUT2D eigenvalue weighted by molar-refractivity contribution is 7.47. The number of rotatable bonds is 54. The van der Waals surface area contributed by atoms with E-state index in [1.807, 2.05) is 6.08 Å². The van der Waals surface area contributed by atoms with E-state index in [9.17, 15) is 44.9 Å². The van der Waals surface area contributed by atoms with Crippen LogP contribution >= 0.6 is 7.82 Å². The van der Waals surface area contributed by atoms with Crippen LogP contribution in [-0.2, 0) is 18.4 Å². The maximum Gasteiger partial charge on any atom is 0.472 e. The Morgan fingerprint density at radius 3 is 1.04 bits per heavy atom. The minimum absolute atomic E-state index is 0.220. The van der Waals surface area contributed by atoms with Gasteiger partial charge in [0.25, 0.3) is 0 Å². The standard InChI is InChI=1S/C60H118NO11P/c1-3-5-7-9-11-13-15-17-19-21-22-23-24-25-26-27-28-29-30-31-32-33-34-36-38-40-42-44-46-48-50-54(63)61-52(51-71-73(69,70)72-60-58(67)56(65)55(64)57(66)59(60)68)53(62)49-47-45-43-41-39-37-35-20-18-16-14-12-10-8-6-4-2/h47,49,52-53,55-60,62,64-68H,3-46,48,50-51H2,1-2H3,(H,61,63)(H,69,70)/b49-47+/t52-,53+,55?,56+,57?,58?,59?,60?/m0/s1. The van der Waals surface area contributed by atoms with Gasteiger partial charge in [-0.25, -0.2) is 4.57 Å². The number of phosphoric ester groups is 1. The molecular weight excluding hydrogens is 942 g/mol. The van der Waals surface area contributed by atoms with Gasteiger partial charge < -0.3 is 40.8 Å². The summed E-state index contributed by atoms with van der Waals surface area (Å²) in [6.45, 7) is 3.90. The van der Waals surface area contributed by atoms with Crippen molar-refractivity contribution in [1.29, 1.82) is 0 Å². The Morgan fingerprint density at radius 2 is 0.726 bits per heavy atom. The molecule has 0 aromatic carbocycles. The number of unbranched alkanes of at least 4 members (excludes halogenated alkanes) is 43. The molecule has 1 amide bonds. The van der Waals surface area contributed by atoms with Crippen molar-refractivity contribution in [2.24, 2.45) is 0 Å². The first-order chi connectivity index (χ1) is 35.4. The molecule has 0 heterocycles. The van der Waals surface area contributed by atoms with Gasteiger partial charge in [-0.15, -0.1) is 0 Å². The third-order valence-electron chi connectivity index (χ3n) is 15.3. The van der Waals surface area contributed by atoms with Crippen LogP contribution in [0.2, 0.25) is 0 Å². The molecule has 9 atom stereocenters. The first-order valence-electron chi connectivity index (χ1n) is 31.1. The molecule has 0 spiro atoms. The second kappa shape index (κ2) is 49.4. The van der Waals surface area contributed by atoms with Crippen molar-refractivity contribution in [2.45, 2.75) is 358 Å². The summed E-state index contributed by atoms with van der Waals surface area (Å²) in [5, 5.41) is 64.4. The number of hydrogen-bond donors (Lipinski definition) is 8. The normalized spacial score (nSPS) is 20.9. The highest BCUT2D eigenvalue weighted by Gasteiger charge is 2.51. The molecule has 0 aromatic rings. The topological polar surface area (TPSA) is 206 Å². The fourth-order valence-electron chi connectivity index (χ4n) is 10.3. The first kappa shape index (κ1) is 70.1. The average molecular weight is 1060 g/mol. The van der Waals surface area contributed by atoms with Crippen LogP contribution in [-0.4, -0.2) is 96.8 Å². The van der Waals surface area contributed by atoms with E-state index in [0.29, 0.717) is 6.42 Å². The van der Waals surface area contributed by atoms with Gasteiger partial charge in [0.05, 0.1) is 18.8 Å². The van der Waals surface area contributed by atoms with Crippen LogP contribution < -0.4 is 5.32 Å². The molecule has 0 saturated heterocycles. The molecule has 8 N–H and O–H groups in total. The molecule has 73 heavy (non-hydrogen) atoms. The number of aliphatic hydroxyl groups is 6. The number of allylic oxidation sites excluding steroid dienone is 1. The Bertz CT molecular complexity index is 1280. The molecule has 6 unspecified atom stereocenters. The van der Waals surface area contributed by atoms with Crippen molar-refractivity contribution in [3.8, 4) is 0 Å². The average Bonchev–Trinajstić information content (AvgIpc) is 3.38. The lowest BCUT2D eigenvalue weighted by atomic mass is 9.85. The summed E-state index contributed by atoms with van der Waals surface area (Å²) >= 11 is 0. The Kier molecular flexibility index (Phi) is 47.4. The molecule has 1 aliphatic rings. The van der Waals surface area contributed by atoms with Gasteiger partial charge in [-0.3, -0.25) is 13.8 Å². The monoisotopic (exact) mass is 1060 g/mol. The van der Waals surface area contributed by atoms with Crippen molar-refractivity contribution in [1.82, 2.24) is 5.32 Å². The Hall–Kier alpha value is -0.920. The predicted octanol–water partition coefficient (Wildman–Crippen LogP) is 14.7. The summed E-state index contributed by atoms with van der Waals surface area (Å²) in [5.74, 6) is -0.333. The maximum absolute atomic E-state index is 13.1. The molecule has 13 heteroatoms. The zero-order valence-electron chi connectivity index (χ0n) is 47.2. The summed E-state index contributed by atoms with van der Waals surface area (Å²) < 4.78 is 23.1. The molecule has 434 valence electrons. The summed E-state index contributed by atoms with van der Waals surface area (Å²) in [6.07, 6.45) is 48.8. The summed E-state index contributed by atoms with van der Waals surface area (Å²) in [5.41, 5.74) is 0. The predicted molar refractivity (Wildman–Crippen MR) is 301 cm³/mol. The van der Waals surface area contributed by atoms with Crippen LogP contribution in [0, 0.1) is 0 Å². The molecule has 0 aliphatic heterocycles. The second-order valence-electron chi connectivity index (χ2n) is 22.3. The molecule has 1 aliphatic carbocycles. The Morgan fingerprint density at radius 1 is 0.452 bits per heavy atom. The van der Waals surface area contributed by atoms with E-state index >= 15 is 0 Å². The quantitative estimate of drug-likeness (QED) is 0.0163. The fourth-order valence-corrected chi connectivity index (χ4v) is 11.3. The molecule has 1 saturated carbocycles. The van der Waals surface area contributed by atoms with Gasteiger partial charge in [0.15, 0.2) is 0 Å². The largest absolute Gasteiger partial charge is 0.472 e. The number of aliphatic hydroxyl groups excluding tert-OH is 6. The lowest BCUT2D eigenvalue weighted by Crippen LogP contribution is -2.64. The van der Waals surface area contributed by atoms with Crippen LogP contribution in [0.15, 0.2) is 12.2 Å². The van der Waals surface area contributed by atoms with Gasteiger partial charge in [0.1, 0.15) is 36.6 Å². The van der Waals surface area contributed by atoms with E-state index in [-0.39, 0.29) is 12.3 Å². The van der Waals surface area contributed by atoms with Gasteiger partial charge in [-0.1, -0.05) is 296 Å².